The highest BCUT2D eigenvalue weighted by Crippen LogP contribution is 2.42. The number of nitrogens with zero attached hydrogens (tertiary/aromatic N) is 5. The lowest BCUT2D eigenvalue weighted by Crippen LogP contribution is -2.25. The standard InChI is InChI=1S/C23H19ClN6O2/c1-13-21-17(16-8-3-4-9-18(16)24)11-20(31)27-22(21)30(29-13)23-26-19(12-25-28-23)14-6-5-7-15(10-14)32-2/h3-10,12,17H,11H2,1-2H3,(H,27,31)/t17-/m0/s1. The molecule has 4 aromatic rings. The Morgan fingerprint density at radius 3 is 2.84 bits per heavy atom. The fourth-order valence-corrected chi connectivity index (χ4v) is 4.29. The summed E-state index contributed by atoms with van der Waals surface area (Å²) < 4.78 is 6.83. The molecule has 0 saturated carbocycles. The van der Waals surface area contributed by atoms with Crippen molar-refractivity contribution in [3.63, 3.8) is 0 Å². The van der Waals surface area contributed by atoms with Crippen molar-refractivity contribution >= 4 is 23.3 Å². The van der Waals surface area contributed by atoms with Gasteiger partial charge in [0.1, 0.15) is 11.6 Å². The highest BCUT2D eigenvalue weighted by Gasteiger charge is 2.34. The molecule has 32 heavy (non-hydrogen) atoms. The number of anilines is 1. The molecule has 0 saturated heterocycles. The normalized spacial score (nSPS) is 15.2. The van der Waals surface area contributed by atoms with E-state index in [-0.39, 0.29) is 24.2 Å². The molecule has 2 aromatic heterocycles. The molecule has 5 rings (SSSR count). The van der Waals surface area contributed by atoms with E-state index in [0.29, 0.717) is 22.3 Å². The predicted molar refractivity (Wildman–Crippen MR) is 120 cm³/mol. The summed E-state index contributed by atoms with van der Waals surface area (Å²) in [6.45, 7) is 1.90. The van der Waals surface area contributed by atoms with E-state index in [0.717, 1.165) is 22.4 Å². The molecule has 1 N–H and O–H groups in total. The lowest BCUT2D eigenvalue weighted by atomic mass is 9.86. The molecule has 0 aliphatic carbocycles. The van der Waals surface area contributed by atoms with Crippen LogP contribution in [0.4, 0.5) is 5.82 Å². The number of aromatic nitrogens is 5. The van der Waals surface area contributed by atoms with Gasteiger partial charge < -0.3 is 10.1 Å². The average Bonchev–Trinajstić information content (AvgIpc) is 3.15. The number of benzene rings is 2. The zero-order valence-corrected chi connectivity index (χ0v) is 18.2. The van der Waals surface area contributed by atoms with Crippen LogP contribution in [0.15, 0.2) is 54.7 Å². The van der Waals surface area contributed by atoms with Crippen LogP contribution in [0, 0.1) is 6.92 Å². The molecular formula is C23H19ClN6O2. The van der Waals surface area contributed by atoms with Gasteiger partial charge in [0.25, 0.3) is 5.95 Å². The first-order valence-electron chi connectivity index (χ1n) is 10.0. The van der Waals surface area contributed by atoms with Gasteiger partial charge in [0.05, 0.1) is 24.7 Å². The van der Waals surface area contributed by atoms with Crippen molar-refractivity contribution < 1.29 is 9.53 Å². The number of hydrogen-bond donors (Lipinski definition) is 1. The summed E-state index contributed by atoms with van der Waals surface area (Å²) in [4.78, 5) is 17.3. The Labute approximate surface area is 189 Å². The number of carbonyl (C=O) groups excluding carboxylic acids is 1. The van der Waals surface area contributed by atoms with Crippen molar-refractivity contribution in [2.45, 2.75) is 19.3 Å². The number of rotatable bonds is 4. The van der Waals surface area contributed by atoms with Gasteiger partial charge in [0.15, 0.2) is 0 Å². The number of halogens is 1. The number of aryl methyl sites for hydroxylation is 1. The molecule has 0 spiro atoms. The van der Waals surface area contributed by atoms with E-state index in [4.69, 9.17) is 16.3 Å². The molecule has 2 aromatic carbocycles. The first-order chi connectivity index (χ1) is 15.5. The summed E-state index contributed by atoms with van der Waals surface area (Å²) in [7, 11) is 1.61. The first kappa shape index (κ1) is 20.1. The van der Waals surface area contributed by atoms with Crippen molar-refractivity contribution in [1.82, 2.24) is 25.0 Å². The molecular weight excluding hydrogens is 428 g/mol. The van der Waals surface area contributed by atoms with Crippen molar-refractivity contribution in [2.75, 3.05) is 12.4 Å². The van der Waals surface area contributed by atoms with Crippen LogP contribution in [-0.4, -0.2) is 38.0 Å². The minimum atomic E-state index is -0.212. The number of hydrogen-bond acceptors (Lipinski definition) is 6. The number of nitrogens with one attached hydrogen (secondary N) is 1. The molecule has 0 unspecified atom stereocenters. The van der Waals surface area contributed by atoms with Crippen molar-refractivity contribution in [2.24, 2.45) is 0 Å². The third-order valence-electron chi connectivity index (χ3n) is 5.49. The Kier molecular flexibility index (Phi) is 5.07. The molecule has 0 radical (unpaired) electrons. The Morgan fingerprint density at radius 1 is 1.19 bits per heavy atom. The minimum absolute atomic E-state index is 0.125. The second kappa shape index (κ2) is 8.05. The summed E-state index contributed by atoms with van der Waals surface area (Å²) in [6.07, 6.45) is 1.86. The summed E-state index contributed by atoms with van der Waals surface area (Å²) in [5.74, 6) is 1.17. The first-order valence-corrected chi connectivity index (χ1v) is 10.4. The molecule has 160 valence electrons. The fraction of sp³-hybridized carbons (Fsp3) is 0.174. The molecule has 8 nitrogen and oxygen atoms in total. The van der Waals surface area contributed by atoms with Crippen molar-refractivity contribution in [1.29, 1.82) is 0 Å². The van der Waals surface area contributed by atoms with E-state index in [1.165, 1.54) is 4.68 Å². The smallest absolute Gasteiger partial charge is 0.272 e. The van der Waals surface area contributed by atoms with Gasteiger partial charge in [-0.05, 0) is 30.7 Å². The van der Waals surface area contributed by atoms with E-state index in [1.54, 1.807) is 13.3 Å². The van der Waals surface area contributed by atoms with Crippen LogP contribution in [-0.2, 0) is 4.79 Å². The zero-order valence-electron chi connectivity index (χ0n) is 17.4. The molecule has 1 atom stereocenters. The monoisotopic (exact) mass is 446 g/mol. The van der Waals surface area contributed by atoms with Crippen LogP contribution in [0.5, 0.6) is 5.75 Å². The minimum Gasteiger partial charge on any atom is -0.497 e. The van der Waals surface area contributed by atoms with Gasteiger partial charge in [-0.2, -0.15) is 14.9 Å². The predicted octanol–water partition coefficient (Wildman–Crippen LogP) is 4.17. The quantitative estimate of drug-likeness (QED) is 0.505. The number of amides is 1. The topological polar surface area (TPSA) is 94.8 Å². The van der Waals surface area contributed by atoms with Gasteiger partial charge in [-0.25, -0.2) is 4.98 Å². The molecule has 1 aliphatic heterocycles. The van der Waals surface area contributed by atoms with Gasteiger partial charge in [0.2, 0.25) is 5.91 Å². The maximum absolute atomic E-state index is 12.6. The van der Waals surface area contributed by atoms with E-state index in [2.05, 4.69) is 25.6 Å². The van der Waals surface area contributed by atoms with Crippen LogP contribution >= 0.6 is 11.6 Å². The molecule has 3 heterocycles. The summed E-state index contributed by atoms with van der Waals surface area (Å²) in [5.41, 5.74) is 3.99. The van der Waals surface area contributed by atoms with Crippen LogP contribution in [0.3, 0.4) is 0 Å². The van der Waals surface area contributed by atoms with Gasteiger partial charge in [-0.15, -0.1) is 5.10 Å². The summed E-state index contributed by atoms with van der Waals surface area (Å²) in [5, 5.41) is 16.5. The zero-order chi connectivity index (χ0) is 22.2. The summed E-state index contributed by atoms with van der Waals surface area (Å²) >= 11 is 6.46. The Bertz CT molecular complexity index is 1340. The molecule has 0 bridgehead atoms. The van der Waals surface area contributed by atoms with Gasteiger partial charge in [0, 0.05) is 28.5 Å². The second-order valence-electron chi connectivity index (χ2n) is 7.46. The Balaban J connectivity index is 1.62. The SMILES string of the molecule is COc1cccc(-c2cnnc(-n3nc(C)c4c3NC(=O)C[C@H]4c3ccccc3Cl)n2)c1. The summed E-state index contributed by atoms with van der Waals surface area (Å²) in [6, 6.07) is 15.1. The van der Waals surface area contributed by atoms with Crippen LogP contribution in [0.25, 0.3) is 17.2 Å². The van der Waals surface area contributed by atoms with Crippen LogP contribution in [0.2, 0.25) is 5.02 Å². The van der Waals surface area contributed by atoms with E-state index >= 15 is 0 Å². The van der Waals surface area contributed by atoms with Gasteiger partial charge in [-0.3, -0.25) is 4.79 Å². The second-order valence-corrected chi connectivity index (χ2v) is 7.87. The molecule has 0 fully saturated rings. The highest BCUT2D eigenvalue weighted by atomic mass is 35.5. The number of carbonyl (C=O) groups is 1. The Morgan fingerprint density at radius 2 is 2.03 bits per heavy atom. The number of ether oxygens (including phenoxy) is 1. The maximum atomic E-state index is 12.6. The molecule has 1 amide bonds. The van der Waals surface area contributed by atoms with E-state index < -0.39 is 0 Å². The highest BCUT2D eigenvalue weighted by molar-refractivity contribution is 6.31. The van der Waals surface area contributed by atoms with Crippen LogP contribution < -0.4 is 10.1 Å². The fourth-order valence-electron chi connectivity index (χ4n) is 4.02. The third kappa shape index (κ3) is 3.48. The largest absolute Gasteiger partial charge is 0.497 e. The van der Waals surface area contributed by atoms with Gasteiger partial charge >= 0.3 is 0 Å². The van der Waals surface area contributed by atoms with Crippen LogP contribution in [0.1, 0.15) is 29.2 Å². The van der Waals surface area contributed by atoms with E-state index in [9.17, 15) is 4.79 Å². The van der Waals surface area contributed by atoms with Crippen molar-refractivity contribution in [3.05, 3.63) is 76.6 Å². The number of methoxy groups -OCH3 is 1. The average molecular weight is 447 g/mol. The van der Waals surface area contributed by atoms with Gasteiger partial charge in [-0.1, -0.05) is 41.9 Å². The molecule has 1 aliphatic rings. The third-order valence-corrected chi connectivity index (χ3v) is 5.83. The van der Waals surface area contributed by atoms with E-state index in [1.807, 2.05) is 55.5 Å². The van der Waals surface area contributed by atoms with Crippen molar-refractivity contribution in [3.8, 4) is 23.0 Å². The lowest BCUT2D eigenvalue weighted by molar-refractivity contribution is -0.116. The lowest BCUT2D eigenvalue weighted by Gasteiger charge is -2.24. The number of fused-ring (bicyclic) bond motifs is 1. The Hall–Kier alpha value is -3.78. The maximum Gasteiger partial charge on any atom is 0.272 e. The molecule has 9 heteroatoms.